The molecule has 5 nitrogen and oxygen atoms in total. The molecule has 0 aliphatic heterocycles. The van der Waals surface area contributed by atoms with Crippen LogP contribution in [0.15, 0.2) is 89.1 Å². The molecule has 0 amide bonds. The summed E-state index contributed by atoms with van der Waals surface area (Å²) in [5.41, 5.74) is 3.69. The van der Waals surface area contributed by atoms with E-state index in [1.54, 1.807) is 30.3 Å². The molecule has 0 N–H and O–H groups in total. The predicted octanol–water partition coefficient (Wildman–Crippen LogP) is 7.46. The second-order valence-corrected chi connectivity index (χ2v) is 7.22. The lowest BCUT2D eigenvalue weighted by Crippen LogP contribution is -2.03. The molecule has 5 heteroatoms. The largest absolute Gasteiger partial charge is 0.494 e. The van der Waals surface area contributed by atoms with Crippen molar-refractivity contribution in [2.24, 2.45) is 10.2 Å². The van der Waals surface area contributed by atoms with E-state index in [0.29, 0.717) is 18.0 Å². The van der Waals surface area contributed by atoms with E-state index in [-0.39, 0.29) is 0 Å². The highest BCUT2D eigenvalue weighted by atomic mass is 16.5. The maximum atomic E-state index is 12.1. The number of azo groups is 1. The molecule has 0 bridgehead atoms. The number of carbonyl (C=O) groups excluding carboxylic acids is 1. The summed E-state index contributed by atoms with van der Waals surface area (Å²) in [7, 11) is 0. The van der Waals surface area contributed by atoms with E-state index in [2.05, 4.69) is 29.3 Å². The highest BCUT2D eigenvalue weighted by Gasteiger charge is 2.01. The van der Waals surface area contributed by atoms with Crippen LogP contribution in [0.25, 0.3) is 6.08 Å². The summed E-state index contributed by atoms with van der Waals surface area (Å²) < 4.78 is 10.7. The Bertz CT molecular complexity index is 1040. The van der Waals surface area contributed by atoms with E-state index in [4.69, 9.17) is 9.47 Å². The van der Waals surface area contributed by atoms with E-state index >= 15 is 0 Å². The maximum absolute atomic E-state index is 12.1. The van der Waals surface area contributed by atoms with Gasteiger partial charge >= 0.3 is 5.97 Å². The zero-order chi connectivity index (χ0) is 22.6. The number of rotatable bonds is 10. The standard InChI is InChI=1S/C27H28N2O3/c1-3-5-6-21-7-12-23(13-8-21)28-29-24-14-18-26(19-15-24)32-27(30)20-11-22-9-16-25(17-10-22)31-4-2/h7-20H,3-6H2,1-2H3/b20-11+,29-28?. The second kappa shape index (κ2) is 12.2. The third-order valence-electron chi connectivity index (χ3n) is 4.69. The fourth-order valence-electron chi connectivity index (χ4n) is 2.96. The SMILES string of the molecule is CCCCc1ccc(N=Nc2ccc(OC(=O)/C=C/c3ccc(OCC)cc3)cc2)cc1. The molecule has 0 fully saturated rings. The quantitative estimate of drug-likeness (QED) is 0.146. The summed E-state index contributed by atoms with van der Waals surface area (Å²) in [6, 6.07) is 22.5. The molecule has 0 atom stereocenters. The monoisotopic (exact) mass is 428 g/mol. The summed E-state index contributed by atoms with van der Waals surface area (Å²) >= 11 is 0. The molecule has 0 spiro atoms. The zero-order valence-electron chi connectivity index (χ0n) is 18.5. The fourth-order valence-corrected chi connectivity index (χ4v) is 2.96. The lowest BCUT2D eigenvalue weighted by atomic mass is 10.1. The van der Waals surface area contributed by atoms with Crippen molar-refractivity contribution in [1.29, 1.82) is 0 Å². The summed E-state index contributed by atoms with van der Waals surface area (Å²) in [6.07, 6.45) is 6.56. The number of unbranched alkanes of at least 4 members (excludes halogenated alkanes) is 1. The van der Waals surface area contributed by atoms with Crippen LogP contribution in [-0.4, -0.2) is 12.6 Å². The van der Waals surface area contributed by atoms with Crippen LogP contribution in [0.5, 0.6) is 11.5 Å². The van der Waals surface area contributed by atoms with Crippen molar-refractivity contribution in [3.63, 3.8) is 0 Å². The minimum absolute atomic E-state index is 0.448. The molecular weight excluding hydrogens is 400 g/mol. The van der Waals surface area contributed by atoms with Gasteiger partial charge in [-0.2, -0.15) is 10.2 Å². The number of benzene rings is 3. The van der Waals surface area contributed by atoms with Crippen LogP contribution in [0.2, 0.25) is 0 Å². The third-order valence-corrected chi connectivity index (χ3v) is 4.69. The van der Waals surface area contributed by atoms with Gasteiger partial charge in [0.2, 0.25) is 0 Å². The average molecular weight is 429 g/mol. The first-order chi connectivity index (χ1) is 15.7. The van der Waals surface area contributed by atoms with E-state index in [1.165, 1.54) is 24.5 Å². The minimum atomic E-state index is -0.448. The predicted molar refractivity (Wildman–Crippen MR) is 128 cm³/mol. The van der Waals surface area contributed by atoms with Crippen LogP contribution in [0, 0.1) is 0 Å². The van der Waals surface area contributed by atoms with Crippen molar-refractivity contribution < 1.29 is 14.3 Å². The summed E-state index contributed by atoms with van der Waals surface area (Å²) in [6.45, 7) is 4.75. The normalized spacial score (nSPS) is 11.2. The number of aryl methyl sites for hydroxylation is 1. The Morgan fingerprint density at radius 1 is 0.812 bits per heavy atom. The Hall–Kier alpha value is -3.73. The van der Waals surface area contributed by atoms with Gasteiger partial charge in [0.1, 0.15) is 11.5 Å². The van der Waals surface area contributed by atoms with Crippen LogP contribution in [-0.2, 0) is 11.2 Å². The van der Waals surface area contributed by atoms with Crippen molar-refractivity contribution in [2.45, 2.75) is 33.1 Å². The molecule has 0 unspecified atom stereocenters. The van der Waals surface area contributed by atoms with Gasteiger partial charge in [-0.05, 0) is 85.5 Å². The summed E-state index contributed by atoms with van der Waals surface area (Å²) in [5, 5.41) is 8.51. The molecule has 3 aromatic carbocycles. The molecule has 0 heterocycles. The van der Waals surface area contributed by atoms with Crippen molar-refractivity contribution in [1.82, 2.24) is 0 Å². The number of carbonyl (C=O) groups is 1. The lowest BCUT2D eigenvalue weighted by Gasteiger charge is -2.03. The summed E-state index contributed by atoms with van der Waals surface area (Å²) in [5.74, 6) is 0.801. The van der Waals surface area contributed by atoms with E-state index in [0.717, 1.165) is 23.4 Å². The number of hydrogen-bond donors (Lipinski definition) is 0. The number of esters is 1. The fraction of sp³-hybridized carbons (Fsp3) is 0.222. The molecule has 164 valence electrons. The molecule has 3 rings (SSSR count). The molecule has 3 aromatic rings. The topological polar surface area (TPSA) is 60.2 Å². The Morgan fingerprint density at radius 3 is 2.00 bits per heavy atom. The number of hydrogen-bond acceptors (Lipinski definition) is 5. The van der Waals surface area contributed by atoms with Crippen LogP contribution < -0.4 is 9.47 Å². The first-order valence-corrected chi connectivity index (χ1v) is 10.9. The first-order valence-electron chi connectivity index (χ1n) is 10.9. The van der Waals surface area contributed by atoms with Gasteiger partial charge in [0, 0.05) is 6.08 Å². The maximum Gasteiger partial charge on any atom is 0.336 e. The van der Waals surface area contributed by atoms with Gasteiger partial charge in [0.25, 0.3) is 0 Å². The van der Waals surface area contributed by atoms with Crippen molar-refractivity contribution in [3.05, 3.63) is 90.0 Å². The van der Waals surface area contributed by atoms with Crippen LogP contribution in [0.4, 0.5) is 11.4 Å². The molecule has 0 aromatic heterocycles. The second-order valence-electron chi connectivity index (χ2n) is 7.22. The van der Waals surface area contributed by atoms with Crippen LogP contribution in [0.3, 0.4) is 0 Å². The van der Waals surface area contributed by atoms with E-state index in [9.17, 15) is 4.79 Å². The third kappa shape index (κ3) is 7.51. The van der Waals surface area contributed by atoms with Gasteiger partial charge in [0.15, 0.2) is 0 Å². The highest BCUT2D eigenvalue weighted by Crippen LogP contribution is 2.22. The van der Waals surface area contributed by atoms with Crippen molar-refractivity contribution >= 4 is 23.4 Å². The summed E-state index contributed by atoms with van der Waals surface area (Å²) in [4.78, 5) is 12.1. The number of nitrogens with zero attached hydrogens (tertiary/aromatic N) is 2. The molecule has 0 saturated heterocycles. The van der Waals surface area contributed by atoms with E-state index in [1.807, 2.05) is 43.3 Å². The Balaban J connectivity index is 1.51. The van der Waals surface area contributed by atoms with Crippen molar-refractivity contribution in [3.8, 4) is 11.5 Å². The molecule has 0 radical (unpaired) electrons. The zero-order valence-corrected chi connectivity index (χ0v) is 18.5. The number of ether oxygens (including phenoxy) is 2. The minimum Gasteiger partial charge on any atom is -0.494 e. The molecule has 0 aliphatic rings. The average Bonchev–Trinajstić information content (AvgIpc) is 2.83. The van der Waals surface area contributed by atoms with Gasteiger partial charge in [-0.25, -0.2) is 4.79 Å². The van der Waals surface area contributed by atoms with Gasteiger partial charge in [0.05, 0.1) is 18.0 Å². The van der Waals surface area contributed by atoms with Gasteiger partial charge in [-0.1, -0.05) is 37.6 Å². The molecule has 32 heavy (non-hydrogen) atoms. The van der Waals surface area contributed by atoms with Gasteiger partial charge in [-0.15, -0.1) is 0 Å². The molecule has 0 aliphatic carbocycles. The lowest BCUT2D eigenvalue weighted by molar-refractivity contribution is -0.128. The first kappa shape index (κ1) is 22.9. The molecular formula is C27H28N2O3. The van der Waals surface area contributed by atoms with Crippen LogP contribution in [0.1, 0.15) is 37.8 Å². The Kier molecular flexibility index (Phi) is 8.75. The Morgan fingerprint density at radius 2 is 1.41 bits per heavy atom. The van der Waals surface area contributed by atoms with Gasteiger partial charge < -0.3 is 9.47 Å². The van der Waals surface area contributed by atoms with Crippen LogP contribution >= 0.6 is 0 Å². The highest BCUT2D eigenvalue weighted by molar-refractivity contribution is 5.88. The van der Waals surface area contributed by atoms with Gasteiger partial charge in [-0.3, -0.25) is 0 Å². The van der Waals surface area contributed by atoms with E-state index < -0.39 is 5.97 Å². The molecule has 0 saturated carbocycles. The Labute approximate surface area is 189 Å². The smallest absolute Gasteiger partial charge is 0.336 e. The van der Waals surface area contributed by atoms with Crippen molar-refractivity contribution in [2.75, 3.05) is 6.61 Å².